The fourth-order valence-corrected chi connectivity index (χ4v) is 2.36. The summed E-state index contributed by atoms with van der Waals surface area (Å²) in [6.45, 7) is 1.47. The molecule has 1 aliphatic rings. The predicted octanol–water partition coefficient (Wildman–Crippen LogP) is 3.15. The summed E-state index contributed by atoms with van der Waals surface area (Å²) < 4.78 is 11.1. The zero-order valence-corrected chi connectivity index (χ0v) is 11.3. The van der Waals surface area contributed by atoms with E-state index in [9.17, 15) is 5.11 Å². The van der Waals surface area contributed by atoms with Crippen LogP contribution in [0.3, 0.4) is 0 Å². The van der Waals surface area contributed by atoms with Gasteiger partial charge in [0.1, 0.15) is 17.6 Å². The van der Waals surface area contributed by atoms with E-state index in [0.717, 1.165) is 36.3 Å². The lowest BCUT2D eigenvalue weighted by molar-refractivity contribution is 0.141. The van der Waals surface area contributed by atoms with E-state index in [-0.39, 0.29) is 6.10 Å². The van der Waals surface area contributed by atoms with Gasteiger partial charge >= 0.3 is 0 Å². The summed E-state index contributed by atoms with van der Waals surface area (Å²) in [4.78, 5) is 0. The Hall–Kier alpha value is -2.00. The van der Waals surface area contributed by atoms with Crippen molar-refractivity contribution in [3.63, 3.8) is 0 Å². The molecule has 1 saturated heterocycles. The molecule has 2 aromatic rings. The lowest BCUT2D eigenvalue weighted by Gasteiger charge is -2.12. The zero-order valence-electron chi connectivity index (χ0n) is 11.3. The third-order valence-electron chi connectivity index (χ3n) is 3.50. The average Bonchev–Trinajstić information content (AvgIpc) is 2.96. The monoisotopic (exact) mass is 270 g/mol. The van der Waals surface area contributed by atoms with Gasteiger partial charge in [0.05, 0.1) is 13.2 Å². The first-order chi connectivity index (χ1) is 9.81. The van der Waals surface area contributed by atoms with Crippen LogP contribution in [0.15, 0.2) is 48.5 Å². The second-order valence-corrected chi connectivity index (χ2v) is 5.05. The molecule has 20 heavy (non-hydrogen) atoms. The van der Waals surface area contributed by atoms with E-state index in [1.165, 1.54) is 0 Å². The van der Waals surface area contributed by atoms with Crippen LogP contribution in [0.5, 0.6) is 11.5 Å². The summed E-state index contributed by atoms with van der Waals surface area (Å²) in [7, 11) is 0. The minimum atomic E-state index is 0.180. The first kappa shape index (κ1) is 13.0. The minimum absolute atomic E-state index is 0.180. The van der Waals surface area contributed by atoms with Crippen LogP contribution < -0.4 is 4.74 Å². The molecule has 1 N–H and O–H groups in total. The Balaban J connectivity index is 1.65. The Bertz CT molecular complexity index is 557. The van der Waals surface area contributed by atoms with Gasteiger partial charge in [0.2, 0.25) is 0 Å². The van der Waals surface area contributed by atoms with E-state index < -0.39 is 0 Å². The first-order valence-electron chi connectivity index (χ1n) is 6.91. The third-order valence-corrected chi connectivity index (χ3v) is 3.50. The molecule has 0 aliphatic carbocycles. The molecule has 1 atom stereocenters. The van der Waals surface area contributed by atoms with Crippen LogP contribution in [0.1, 0.15) is 17.5 Å². The van der Waals surface area contributed by atoms with Crippen molar-refractivity contribution in [1.82, 2.24) is 0 Å². The van der Waals surface area contributed by atoms with Gasteiger partial charge in [-0.1, -0.05) is 30.3 Å². The van der Waals surface area contributed by atoms with Crippen molar-refractivity contribution in [1.29, 1.82) is 0 Å². The minimum Gasteiger partial charge on any atom is -0.508 e. The van der Waals surface area contributed by atoms with Gasteiger partial charge in [-0.2, -0.15) is 0 Å². The van der Waals surface area contributed by atoms with E-state index in [0.29, 0.717) is 12.4 Å². The summed E-state index contributed by atoms with van der Waals surface area (Å²) in [5.41, 5.74) is 2.09. The molecular formula is C17H18O3. The molecule has 0 saturated carbocycles. The largest absolute Gasteiger partial charge is 0.508 e. The summed E-state index contributed by atoms with van der Waals surface area (Å²) in [5, 5.41) is 9.78. The van der Waals surface area contributed by atoms with Gasteiger partial charge in [-0.15, -0.1) is 0 Å². The molecule has 1 aliphatic heterocycles. The number of hydrogen-bond donors (Lipinski definition) is 1. The third kappa shape index (κ3) is 3.11. The maximum Gasteiger partial charge on any atom is 0.124 e. The van der Waals surface area contributed by atoms with E-state index in [1.54, 1.807) is 6.07 Å². The molecule has 0 spiro atoms. The van der Waals surface area contributed by atoms with Crippen molar-refractivity contribution >= 4 is 0 Å². The number of phenolic OH excluding ortho intramolecular Hbond substituents is 1. The second-order valence-electron chi connectivity index (χ2n) is 5.05. The van der Waals surface area contributed by atoms with E-state index in [4.69, 9.17) is 9.47 Å². The average molecular weight is 270 g/mol. The number of benzene rings is 2. The molecule has 0 amide bonds. The predicted molar refractivity (Wildman–Crippen MR) is 77.2 cm³/mol. The molecule has 1 fully saturated rings. The second kappa shape index (κ2) is 5.97. The molecule has 0 aromatic heterocycles. The summed E-state index contributed by atoms with van der Waals surface area (Å²) in [6.07, 6.45) is 1.86. The van der Waals surface area contributed by atoms with Gasteiger partial charge in [0.25, 0.3) is 0 Å². The molecule has 0 radical (unpaired) electrons. The van der Waals surface area contributed by atoms with Crippen LogP contribution in [0.25, 0.3) is 0 Å². The number of aromatic hydroxyl groups is 1. The highest BCUT2D eigenvalue weighted by Crippen LogP contribution is 2.22. The molecule has 104 valence electrons. The topological polar surface area (TPSA) is 38.7 Å². The normalized spacial score (nSPS) is 18.1. The summed E-state index contributed by atoms with van der Waals surface area (Å²) >= 11 is 0. The Labute approximate surface area is 118 Å². The molecule has 3 rings (SSSR count). The van der Waals surface area contributed by atoms with Crippen molar-refractivity contribution in [2.24, 2.45) is 0 Å². The van der Waals surface area contributed by atoms with E-state index in [2.05, 4.69) is 0 Å². The quantitative estimate of drug-likeness (QED) is 0.927. The van der Waals surface area contributed by atoms with Crippen LogP contribution >= 0.6 is 0 Å². The number of phenols is 1. The summed E-state index contributed by atoms with van der Waals surface area (Å²) in [5.74, 6) is 1.22. The molecule has 3 nitrogen and oxygen atoms in total. The van der Waals surface area contributed by atoms with Crippen molar-refractivity contribution in [2.75, 3.05) is 13.2 Å². The zero-order chi connectivity index (χ0) is 13.8. The lowest BCUT2D eigenvalue weighted by Crippen LogP contribution is -2.15. The smallest absolute Gasteiger partial charge is 0.124 e. The number of hydrogen-bond acceptors (Lipinski definition) is 3. The van der Waals surface area contributed by atoms with Gasteiger partial charge < -0.3 is 14.6 Å². The highest BCUT2D eigenvalue weighted by atomic mass is 16.5. The van der Waals surface area contributed by atoms with Crippen LogP contribution in [0.4, 0.5) is 0 Å². The Morgan fingerprint density at radius 2 is 1.90 bits per heavy atom. The molecule has 3 heteroatoms. The molecule has 1 heterocycles. The first-order valence-corrected chi connectivity index (χ1v) is 6.91. The van der Waals surface area contributed by atoms with Gasteiger partial charge in [-0.05, 0) is 29.3 Å². The standard InChI is InChI=1S/C17H18O3/c18-17-4-2-1-3-14(17)11-13-5-7-15(8-6-13)20-16-9-10-19-12-16/h1-8,16,18H,9-12H2/t16-/m0/s1. The van der Waals surface area contributed by atoms with Gasteiger partial charge in [-0.3, -0.25) is 0 Å². The summed E-state index contributed by atoms with van der Waals surface area (Å²) in [6, 6.07) is 15.5. The number of rotatable bonds is 4. The van der Waals surface area contributed by atoms with Crippen LogP contribution in [-0.4, -0.2) is 24.4 Å². The molecule has 0 bridgehead atoms. The van der Waals surface area contributed by atoms with E-state index >= 15 is 0 Å². The molecule has 0 unspecified atom stereocenters. The van der Waals surface area contributed by atoms with Crippen LogP contribution in [0, 0.1) is 0 Å². The Morgan fingerprint density at radius 3 is 2.60 bits per heavy atom. The van der Waals surface area contributed by atoms with Crippen molar-refractivity contribution in [2.45, 2.75) is 18.9 Å². The lowest BCUT2D eigenvalue weighted by atomic mass is 10.0. The molecule has 2 aromatic carbocycles. The fourth-order valence-electron chi connectivity index (χ4n) is 2.36. The number of para-hydroxylation sites is 1. The maximum atomic E-state index is 9.78. The van der Waals surface area contributed by atoms with E-state index in [1.807, 2.05) is 42.5 Å². The van der Waals surface area contributed by atoms with Crippen molar-refractivity contribution < 1.29 is 14.6 Å². The SMILES string of the molecule is Oc1ccccc1Cc1ccc(O[C@H]2CCOC2)cc1. The molecular weight excluding hydrogens is 252 g/mol. The Kier molecular flexibility index (Phi) is 3.88. The van der Waals surface area contributed by atoms with Crippen molar-refractivity contribution in [3.8, 4) is 11.5 Å². The van der Waals surface area contributed by atoms with Crippen LogP contribution in [0.2, 0.25) is 0 Å². The van der Waals surface area contributed by atoms with Gasteiger partial charge in [0, 0.05) is 12.8 Å². The van der Waals surface area contributed by atoms with Crippen molar-refractivity contribution in [3.05, 3.63) is 59.7 Å². The van der Waals surface area contributed by atoms with Gasteiger partial charge in [0.15, 0.2) is 0 Å². The Morgan fingerprint density at radius 1 is 1.10 bits per heavy atom. The number of ether oxygens (including phenoxy) is 2. The fraction of sp³-hybridized carbons (Fsp3) is 0.294. The highest BCUT2D eigenvalue weighted by Gasteiger charge is 2.16. The highest BCUT2D eigenvalue weighted by molar-refractivity contribution is 5.37. The maximum absolute atomic E-state index is 9.78. The van der Waals surface area contributed by atoms with Crippen LogP contribution in [-0.2, 0) is 11.2 Å². The van der Waals surface area contributed by atoms with Gasteiger partial charge in [-0.25, -0.2) is 0 Å².